The van der Waals surface area contributed by atoms with E-state index < -0.39 is 22.9 Å². The van der Waals surface area contributed by atoms with Crippen molar-refractivity contribution in [1.82, 2.24) is 19.6 Å². The van der Waals surface area contributed by atoms with Crippen molar-refractivity contribution in [2.75, 3.05) is 7.11 Å². The van der Waals surface area contributed by atoms with E-state index in [1.807, 2.05) is 0 Å². The zero-order valence-electron chi connectivity index (χ0n) is 12.4. The Labute approximate surface area is 134 Å². The molecule has 0 saturated carbocycles. The van der Waals surface area contributed by atoms with Gasteiger partial charge in [-0.3, -0.25) is 4.79 Å². The van der Waals surface area contributed by atoms with Gasteiger partial charge in [-0.15, -0.1) is 0 Å². The molecule has 0 bridgehead atoms. The van der Waals surface area contributed by atoms with Crippen LogP contribution in [0.3, 0.4) is 0 Å². The lowest BCUT2D eigenvalue weighted by molar-refractivity contribution is 0.0686. The molecule has 0 radical (unpaired) electrons. The molecular formula is C15H11FN4O4. The van der Waals surface area contributed by atoms with E-state index >= 15 is 0 Å². The third-order valence-electron chi connectivity index (χ3n) is 3.26. The second-order valence-corrected chi connectivity index (χ2v) is 4.71. The zero-order valence-corrected chi connectivity index (χ0v) is 12.4. The summed E-state index contributed by atoms with van der Waals surface area (Å²) in [6, 6.07) is 5.89. The predicted octanol–water partition coefficient (Wildman–Crippen LogP) is 1.26. The van der Waals surface area contributed by atoms with E-state index in [1.165, 1.54) is 23.9 Å². The lowest BCUT2D eigenvalue weighted by Crippen LogP contribution is -2.23. The van der Waals surface area contributed by atoms with Crippen LogP contribution in [0.25, 0.3) is 11.4 Å². The minimum absolute atomic E-state index is 0.0355. The van der Waals surface area contributed by atoms with Crippen molar-refractivity contribution < 1.29 is 19.0 Å². The van der Waals surface area contributed by atoms with Crippen molar-refractivity contribution in [2.24, 2.45) is 0 Å². The Balaban J connectivity index is 2.14. The highest BCUT2D eigenvalue weighted by atomic mass is 19.1. The van der Waals surface area contributed by atoms with Gasteiger partial charge in [0.25, 0.3) is 5.43 Å². The molecule has 8 nitrogen and oxygen atoms in total. The highest BCUT2D eigenvalue weighted by molar-refractivity contribution is 5.85. The molecule has 0 saturated heterocycles. The second kappa shape index (κ2) is 5.95. The SMILES string of the molecule is COc1cn(-c2ccc(-n3cccn3)cc2F)nc(C(=O)O)c1=O. The average Bonchev–Trinajstić information content (AvgIpc) is 3.09. The molecule has 1 N–H and O–H groups in total. The first-order valence-corrected chi connectivity index (χ1v) is 6.72. The van der Waals surface area contributed by atoms with Gasteiger partial charge in [-0.1, -0.05) is 0 Å². The topological polar surface area (TPSA) is 99.2 Å². The number of nitrogens with zero attached hydrogens (tertiary/aromatic N) is 4. The molecule has 0 aliphatic heterocycles. The minimum Gasteiger partial charge on any atom is -0.491 e. The fourth-order valence-electron chi connectivity index (χ4n) is 2.12. The zero-order chi connectivity index (χ0) is 17.3. The van der Waals surface area contributed by atoms with Crippen LogP contribution in [0.4, 0.5) is 4.39 Å². The standard InChI is InChI=1S/C15H11FN4O4/c1-24-12-8-20(18-13(14(12)21)15(22)23)11-4-3-9(7-10(11)16)19-6-2-5-17-19/h2-8H,1H3,(H,22,23). The number of benzene rings is 1. The molecule has 0 fully saturated rings. The summed E-state index contributed by atoms with van der Waals surface area (Å²) in [5, 5.41) is 16.7. The number of rotatable bonds is 4. The number of carbonyl (C=O) groups is 1. The van der Waals surface area contributed by atoms with E-state index in [1.54, 1.807) is 24.5 Å². The van der Waals surface area contributed by atoms with Crippen molar-refractivity contribution in [3.8, 4) is 17.1 Å². The quantitative estimate of drug-likeness (QED) is 0.773. The first-order valence-electron chi connectivity index (χ1n) is 6.72. The number of carboxylic acid groups (broad SMARTS) is 1. The maximum Gasteiger partial charge on any atom is 0.360 e. The van der Waals surface area contributed by atoms with Gasteiger partial charge >= 0.3 is 5.97 Å². The van der Waals surface area contributed by atoms with Gasteiger partial charge in [-0.25, -0.2) is 18.5 Å². The maximum atomic E-state index is 14.4. The maximum absolute atomic E-state index is 14.4. The summed E-state index contributed by atoms with van der Waals surface area (Å²) < 4.78 is 21.7. The average molecular weight is 330 g/mol. The van der Waals surface area contributed by atoms with Crippen molar-refractivity contribution in [1.29, 1.82) is 0 Å². The van der Waals surface area contributed by atoms with Crippen LogP contribution in [-0.4, -0.2) is 37.7 Å². The normalized spacial score (nSPS) is 10.6. The van der Waals surface area contributed by atoms with Gasteiger partial charge in [0, 0.05) is 18.5 Å². The Morgan fingerprint density at radius 2 is 2.12 bits per heavy atom. The van der Waals surface area contributed by atoms with Crippen LogP contribution < -0.4 is 10.2 Å². The van der Waals surface area contributed by atoms with Crippen LogP contribution in [0.5, 0.6) is 5.75 Å². The number of carboxylic acids is 1. The Morgan fingerprint density at radius 1 is 1.33 bits per heavy atom. The molecular weight excluding hydrogens is 319 g/mol. The van der Waals surface area contributed by atoms with E-state index in [-0.39, 0.29) is 11.4 Å². The van der Waals surface area contributed by atoms with Gasteiger partial charge in [0.1, 0.15) is 5.69 Å². The largest absolute Gasteiger partial charge is 0.491 e. The molecule has 122 valence electrons. The Bertz CT molecular complexity index is 966. The molecule has 1 aromatic carbocycles. The number of aromatic nitrogens is 4. The van der Waals surface area contributed by atoms with E-state index in [4.69, 9.17) is 9.84 Å². The third kappa shape index (κ3) is 2.62. The molecule has 0 aliphatic carbocycles. The van der Waals surface area contributed by atoms with E-state index in [0.717, 1.165) is 10.9 Å². The fourth-order valence-corrected chi connectivity index (χ4v) is 2.12. The molecule has 3 rings (SSSR count). The molecule has 2 heterocycles. The van der Waals surface area contributed by atoms with Crippen LogP contribution in [0.2, 0.25) is 0 Å². The Morgan fingerprint density at radius 3 is 2.71 bits per heavy atom. The number of hydrogen-bond acceptors (Lipinski definition) is 5. The summed E-state index contributed by atoms with van der Waals surface area (Å²) in [4.78, 5) is 23.0. The van der Waals surface area contributed by atoms with E-state index in [9.17, 15) is 14.0 Å². The number of ether oxygens (including phenoxy) is 1. The van der Waals surface area contributed by atoms with Gasteiger partial charge in [0.2, 0.25) is 5.69 Å². The molecule has 0 aliphatic rings. The molecule has 24 heavy (non-hydrogen) atoms. The van der Waals surface area contributed by atoms with Crippen LogP contribution in [0.1, 0.15) is 10.5 Å². The van der Waals surface area contributed by atoms with E-state index in [0.29, 0.717) is 5.69 Å². The molecule has 0 atom stereocenters. The van der Waals surface area contributed by atoms with Gasteiger partial charge in [0.05, 0.1) is 19.0 Å². The number of halogens is 1. The summed E-state index contributed by atoms with van der Waals surface area (Å²) in [6.45, 7) is 0. The molecule has 2 aromatic heterocycles. The van der Waals surface area contributed by atoms with Crippen LogP contribution in [0.15, 0.2) is 47.7 Å². The Kier molecular flexibility index (Phi) is 3.82. The molecule has 0 amide bonds. The third-order valence-corrected chi connectivity index (χ3v) is 3.26. The molecule has 3 aromatic rings. The number of methoxy groups -OCH3 is 1. The smallest absolute Gasteiger partial charge is 0.360 e. The second-order valence-electron chi connectivity index (χ2n) is 4.71. The van der Waals surface area contributed by atoms with Crippen LogP contribution in [0, 0.1) is 5.82 Å². The van der Waals surface area contributed by atoms with Crippen LogP contribution >= 0.6 is 0 Å². The fraction of sp³-hybridized carbons (Fsp3) is 0.0667. The predicted molar refractivity (Wildman–Crippen MR) is 80.4 cm³/mol. The summed E-state index contributed by atoms with van der Waals surface area (Å²) in [6.07, 6.45) is 4.33. The number of aromatic carboxylic acids is 1. The van der Waals surface area contributed by atoms with Gasteiger partial charge in [-0.2, -0.15) is 10.2 Å². The van der Waals surface area contributed by atoms with Crippen molar-refractivity contribution in [3.05, 3.63) is 64.6 Å². The monoisotopic (exact) mass is 330 g/mol. The lowest BCUT2D eigenvalue weighted by Gasteiger charge is -2.11. The summed E-state index contributed by atoms with van der Waals surface area (Å²) in [7, 11) is 1.21. The Hall–Kier alpha value is -3.49. The van der Waals surface area contributed by atoms with Crippen molar-refractivity contribution in [2.45, 2.75) is 0 Å². The highest BCUT2D eigenvalue weighted by Crippen LogP contribution is 2.18. The van der Waals surface area contributed by atoms with Crippen LogP contribution in [-0.2, 0) is 0 Å². The highest BCUT2D eigenvalue weighted by Gasteiger charge is 2.18. The van der Waals surface area contributed by atoms with E-state index in [2.05, 4.69) is 10.2 Å². The molecule has 9 heteroatoms. The van der Waals surface area contributed by atoms with Gasteiger partial charge in [-0.05, 0) is 18.2 Å². The molecule has 0 spiro atoms. The van der Waals surface area contributed by atoms with Crippen molar-refractivity contribution in [3.63, 3.8) is 0 Å². The summed E-state index contributed by atoms with van der Waals surface area (Å²) in [5.74, 6) is -2.45. The first-order chi connectivity index (χ1) is 11.5. The number of hydrogen-bond donors (Lipinski definition) is 1. The lowest BCUT2D eigenvalue weighted by atomic mass is 10.2. The van der Waals surface area contributed by atoms with Gasteiger partial charge < -0.3 is 9.84 Å². The summed E-state index contributed by atoms with van der Waals surface area (Å²) >= 11 is 0. The molecule has 0 unspecified atom stereocenters. The minimum atomic E-state index is -1.53. The van der Waals surface area contributed by atoms with Gasteiger partial charge in [0.15, 0.2) is 11.6 Å². The van der Waals surface area contributed by atoms with Crippen molar-refractivity contribution >= 4 is 5.97 Å². The summed E-state index contributed by atoms with van der Waals surface area (Å²) in [5.41, 5.74) is -1.20. The first kappa shape index (κ1) is 15.4.